The zero-order valence-corrected chi connectivity index (χ0v) is 9.64. The topological polar surface area (TPSA) is 92.4 Å². The number of aliphatic hydroxyl groups is 1. The molecule has 17 heavy (non-hydrogen) atoms. The fourth-order valence-corrected chi connectivity index (χ4v) is 1.28. The average molecular weight is 236 g/mol. The number of nitrogens with two attached hydrogens (primary N) is 1. The maximum Gasteiger partial charge on any atom is 0.251 e. The maximum atomic E-state index is 11.6. The number of hydrogen-bond acceptors (Lipinski definition) is 3. The lowest BCUT2D eigenvalue weighted by Gasteiger charge is -2.06. The number of amides is 2. The van der Waals surface area contributed by atoms with Crippen LogP contribution < -0.4 is 11.1 Å². The third-order valence-electron chi connectivity index (χ3n) is 2.28. The minimum absolute atomic E-state index is 0.235. The quantitative estimate of drug-likeness (QED) is 0.686. The van der Waals surface area contributed by atoms with Crippen molar-refractivity contribution in [2.45, 2.75) is 19.4 Å². The summed E-state index contributed by atoms with van der Waals surface area (Å²) in [6, 6.07) is 6.09. The van der Waals surface area contributed by atoms with Crippen LogP contribution in [0.25, 0.3) is 0 Å². The number of benzene rings is 1. The molecule has 0 aromatic heterocycles. The van der Waals surface area contributed by atoms with Crippen LogP contribution in [0.5, 0.6) is 0 Å². The molecule has 0 spiro atoms. The average Bonchev–Trinajstić information content (AvgIpc) is 2.28. The third kappa shape index (κ3) is 4.24. The standard InChI is InChI=1S/C12H16N2O3/c1-8(15)6-7-14-12(17)10-4-2-9(3-5-10)11(13)16/h2-5,8,15H,6-7H2,1H3,(H2,13,16)(H,14,17). The van der Waals surface area contributed by atoms with Crippen molar-refractivity contribution in [3.63, 3.8) is 0 Å². The lowest BCUT2D eigenvalue weighted by molar-refractivity contribution is 0.0943. The van der Waals surface area contributed by atoms with E-state index in [1.165, 1.54) is 24.3 Å². The SMILES string of the molecule is CC(O)CCNC(=O)c1ccc(C(N)=O)cc1. The van der Waals surface area contributed by atoms with Crippen molar-refractivity contribution in [1.29, 1.82) is 0 Å². The van der Waals surface area contributed by atoms with E-state index in [0.29, 0.717) is 24.1 Å². The van der Waals surface area contributed by atoms with Gasteiger partial charge >= 0.3 is 0 Å². The molecule has 92 valence electrons. The fraction of sp³-hybridized carbons (Fsp3) is 0.333. The van der Waals surface area contributed by atoms with Crippen LogP contribution in [0, 0.1) is 0 Å². The second kappa shape index (κ2) is 6.00. The number of primary amides is 1. The molecule has 0 saturated carbocycles. The van der Waals surface area contributed by atoms with Crippen LogP contribution in [-0.4, -0.2) is 29.6 Å². The van der Waals surface area contributed by atoms with Gasteiger partial charge in [0.05, 0.1) is 6.10 Å². The van der Waals surface area contributed by atoms with Crippen LogP contribution in [0.2, 0.25) is 0 Å². The molecular weight excluding hydrogens is 220 g/mol. The highest BCUT2D eigenvalue weighted by molar-refractivity contribution is 5.97. The van der Waals surface area contributed by atoms with Crippen molar-refractivity contribution >= 4 is 11.8 Å². The molecule has 1 aromatic carbocycles. The first-order valence-electron chi connectivity index (χ1n) is 5.37. The smallest absolute Gasteiger partial charge is 0.251 e. The second-order valence-corrected chi connectivity index (χ2v) is 3.84. The number of carbonyl (C=O) groups is 2. The van der Waals surface area contributed by atoms with Gasteiger partial charge in [-0.15, -0.1) is 0 Å². The Balaban J connectivity index is 2.55. The van der Waals surface area contributed by atoms with Gasteiger partial charge in [-0.2, -0.15) is 0 Å². The summed E-state index contributed by atoms with van der Waals surface area (Å²) in [5.41, 5.74) is 5.91. The van der Waals surface area contributed by atoms with E-state index in [4.69, 9.17) is 10.8 Å². The molecule has 1 atom stereocenters. The first kappa shape index (κ1) is 13.2. The molecule has 0 bridgehead atoms. The lowest BCUT2D eigenvalue weighted by Crippen LogP contribution is -2.26. The molecular formula is C12H16N2O3. The van der Waals surface area contributed by atoms with Crippen molar-refractivity contribution in [2.24, 2.45) is 5.73 Å². The van der Waals surface area contributed by atoms with Crippen LogP contribution >= 0.6 is 0 Å². The Hall–Kier alpha value is -1.88. The predicted octanol–water partition coefficient (Wildman–Crippen LogP) is 0.286. The van der Waals surface area contributed by atoms with Gasteiger partial charge in [0.15, 0.2) is 0 Å². The molecule has 5 heteroatoms. The highest BCUT2D eigenvalue weighted by Gasteiger charge is 2.06. The van der Waals surface area contributed by atoms with Crippen molar-refractivity contribution in [1.82, 2.24) is 5.32 Å². The predicted molar refractivity (Wildman–Crippen MR) is 63.6 cm³/mol. The Morgan fingerprint density at radius 2 is 1.82 bits per heavy atom. The van der Waals surface area contributed by atoms with Crippen LogP contribution in [0.15, 0.2) is 24.3 Å². The molecule has 0 aliphatic rings. The van der Waals surface area contributed by atoms with Crippen molar-refractivity contribution < 1.29 is 14.7 Å². The Kier molecular flexibility index (Phi) is 4.66. The first-order chi connectivity index (χ1) is 8.00. The Morgan fingerprint density at radius 3 is 2.29 bits per heavy atom. The first-order valence-corrected chi connectivity index (χ1v) is 5.37. The molecule has 0 saturated heterocycles. The fourth-order valence-electron chi connectivity index (χ4n) is 1.28. The Bertz CT molecular complexity index is 399. The number of nitrogens with one attached hydrogen (secondary N) is 1. The lowest BCUT2D eigenvalue weighted by atomic mass is 10.1. The Labute approximate surface area is 99.6 Å². The molecule has 0 radical (unpaired) electrons. The van der Waals surface area contributed by atoms with E-state index in [1.54, 1.807) is 6.92 Å². The molecule has 0 heterocycles. The Morgan fingerprint density at radius 1 is 1.29 bits per heavy atom. The van der Waals surface area contributed by atoms with E-state index < -0.39 is 12.0 Å². The molecule has 0 aliphatic heterocycles. The largest absolute Gasteiger partial charge is 0.393 e. The van der Waals surface area contributed by atoms with E-state index in [9.17, 15) is 9.59 Å². The van der Waals surface area contributed by atoms with Gasteiger partial charge < -0.3 is 16.2 Å². The highest BCUT2D eigenvalue weighted by atomic mass is 16.3. The van der Waals surface area contributed by atoms with Crippen molar-refractivity contribution in [3.8, 4) is 0 Å². The van der Waals surface area contributed by atoms with E-state index in [2.05, 4.69) is 5.32 Å². The minimum Gasteiger partial charge on any atom is -0.393 e. The summed E-state index contributed by atoms with van der Waals surface area (Å²) in [4.78, 5) is 22.4. The summed E-state index contributed by atoms with van der Waals surface area (Å²) in [5.74, 6) is -0.757. The number of carbonyl (C=O) groups excluding carboxylic acids is 2. The zero-order valence-electron chi connectivity index (χ0n) is 9.64. The summed E-state index contributed by atoms with van der Waals surface area (Å²) >= 11 is 0. The number of aliphatic hydroxyl groups excluding tert-OH is 1. The van der Waals surface area contributed by atoms with Gasteiger partial charge in [-0.05, 0) is 37.6 Å². The van der Waals surface area contributed by atoms with Crippen LogP contribution in [0.1, 0.15) is 34.1 Å². The van der Waals surface area contributed by atoms with Gasteiger partial charge in [0.1, 0.15) is 0 Å². The number of rotatable bonds is 5. The van der Waals surface area contributed by atoms with Crippen LogP contribution in [-0.2, 0) is 0 Å². The summed E-state index contributed by atoms with van der Waals surface area (Å²) in [5, 5.41) is 11.7. The summed E-state index contributed by atoms with van der Waals surface area (Å²) < 4.78 is 0. The van der Waals surface area contributed by atoms with E-state index in [1.807, 2.05) is 0 Å². The van der Waals surface area contributed by atoms with E-state index in [0.717, 1.165) is 0 Å². The summed E-state index contributed by atoms with van der Waals surface area (Å²) in [7, 11) is 0. The number of hydrogen-bond donors (Lipinski definition) is 3. The summed E-state index contributed by atoms with van der Waals surface area (Å²) in [6.45, 7) is 2.07. The molecule has 5 nitrogen and oxygen atoms in total. The summed E-state index contributed by atoms with van der Waals surface area (Å²) in [6.07, 6.45) is 0.0676. The minimum atomic E-state index is -0.522. The van der Waals surface area contributed by atoms with Crippen molar-refractivity contribution in [3.05, 3.63) is 35.4 Å². The van der Waals surface area contributed by atoms with Crippen LogP contribution in [0.3, 0.4) is 0 Å². The molecule has 1 unspecified atom stereocenters. The van der Waals surface area contributed by atoms with Gasteiger partial charge in [0.2, 0.25) is 5.91 Å². The molecule has 0 aliphatic carbocycles. The zero-order chi connectivity index (χ0) is 12.8. The molecule has 4 N–H and O–H groups in total. The molecule has 1 aromatic rings. The normalized spacial score (nSPS) is 11.9. The third-order valence-corrected chi connectivity index (χ3v) is 2.28. The molecule has 2 amide bonds. The van der Waals surface area contributed by atoms with E-state index in [-0.39, 0.29) is 5.91 Å². The van der Waals surface area contributed by atoms with E-state index >= 15 is 0 Å². The van der Waals surface area contributed by atoms with Gasteiger partial charge in [0, 0.05) is 17.7 Å². The van der Waals surface area contributed by atoms with Gasteiger partial charge in [0.25, 0.3) is 5.91 Å². The van der Waals surface area contributed by atoms with Crippen LogP contribution in [0.4, 0.5) is 0 Å². The molecule has 1 rings (SSSR count). The van der Waals surface area contributed by atoms with Gasteiger partial charge in [-0.1, -0.05) is 0 Å². The highest BCUT2D eigenvalue weighted by Crippen LogP contribution is 2.03. The van der Waals surface area contributed by atoms with Crippen molar-refractivity contribution in [2.75, 3.05) is 6.54 Å². The van der Waals surface area contributed by atoms with Gasteiger partial charge in [-0.3, -0.25) is 9.59 Å². The molecule has 0 fully saturated rings. The monoisotopic (exact) mass is 236 g/mol. The van der Waals surface area contributed by atoms with Gasteiger partial charge in [-0.25, -0.2) is 0 Å². The maximum absolute atomic E-state index is 11.6. The second-order valence-electron chi connectivity index (χ2n) is 3.84.